The predicted molar refractivity (Wildman–Crippen MR) is 130 cm³/mol. The molecule has 0 spiro atoms. The van der Waals surface area contributed by atoms with Gasteiger partial charge in [-0.1, -0.05) is 51.0 Å². The molecule has 0 aliphatic rings. The van der Waals surface area contributed by atoms with E-state index in [1.165, 1.54) is 36.8 Å². The first-order valence-electron chi connectivity index (χ1n) is 11.6. The van der Waals surface area contributed by atoms with E-state index in [-0.39, 0.29) is 0 Å². The fourth-order valence-electron chi connectivity index (χ4n) is 3.99. The Morgan fingerprint density at radius 1 is 0.594 bits per heavy atom. The van der Waals surface area contributed by atoms with E-state index in [2.05, 4.69) is 62.4 Å². The molecule has 0 unspecified atom stereocenters. The van der Waals surface area contributed by atoms with Gasteiger partial charge in [-0.05, 0) is 61.1 Å². The molecule has 0 fully saturated rings. The van der Waals surface area contributed by atoms with E-state index in [1.54, 1.807) is 0 Å². The summed E-state index contributed by atoms with van der Waals surface area (Å²) in [7, 11) is 0. The lowest BCUT2D eigenvalue weighted by Crippen LogP contribution is -1.85. The van der Waals surface area contributed by atoms with Crippen molar-refractivity contribution in [1.29, 1.82) is 0 Å². The maximum absolute atomic E-state index is 6.06. The van der Waals surface area contributed by atoms with Gasteiger partial charge in [0.15, 0.2) is 11.2 Å². The average Bonchev–Trinajstić information content (AvgIpc) is 3.43. The van der Waals surface area contributed by atoms with Gasteiger partial charge in [-0.3, -0.25) is 0 Å². The molecule has 2 heterocycles. The Balaban J connectivity index is 1.41. The van der Waals surface area contributed by atoms with Gasteiger partial charge >= 0.3 is 0 Å². The van der Waals surface area contributed by atoms with Crippen LogP contribution >= 0.6 is 0 Å². The van der Waals surface area contributed by atoms with Crippen molar-refractivity contribution in [3.8, 4) is 22.9 Å². The third kappa shape index (κ3) is 4.18. The number of fused-ring (bicyclic) bond motifs is 2. The molecular formula is C28H28N2O2. The van der Waals surface area contributed by atoms with Crippen LogP contribution in [0.2, 0.25) is 0 Å². The standard InChI is InChI=1S/C28H28N2O2/c1-3-5-7-19-9-13-21(14-10-19)27-29-23-17-26-24(18-25(23)31-27)30-28(32-26)22-15-11-20(12-16-22)8-6-4-2/h9-18H,3-8H2,1-2H3. The second-order valence-corrected chi connectivity index (χ2v) is 8.43. The van der Waals surface area contributed by atoms with Crippen molar-refractivity contribution in [3.63, 3.8) is 0 Å². The van der Waals surface area contributed by atoms with Gasteiger partial charge in [-0.2, -0.15) is 0 Å². The zero-order valence-corrected chi connectivity index (χ0v) is 18.7. The first-order valence-corrected chi connectivity index (χ1v) is 11.6. The van der Waals surface area contributed by atoms with Crippen molar-refractivity contribution in [2.75, 3.05) is 0 Å². The number of benzene rings is 3. The summed E-state index contributed by atoms with van der Waals surface area (Å²) in [6.07, 6.45) is 7.03. The van der Waals surface area contributed by atoms with Crippen LogP contribution in [0.1, 0.15) is 50.7 Å². The zero-order valence-electron chi connectivity index (χ0n) is 18.7. The maximum atomic E-state index is 6.06. The molecule has 5 aromatic rings. The summed E-state index contributed by atoms with van der Waals surface area (Å²) in [6.45, 7) is 4.43. The molecular weight excluding hydrogens is 396 g/mol. The minimum atomic E-state index is 0.623. The molecule has 4 nitrogen and oxygen atoms in total. The highest BCUT2D eigenvalue weighted by molar-refractivity contribution is 5.91. The van der Waals surface area contributed by atoms with Gasteiger partial charge in [0.2, 0.25) is 11.8 Å². The lowest BCUT2D eigenvalue weighted by molar-refractivity contribution is 0.618. The highest BCUT2D eigenvalue weighted by atomic mass is 16.4. The number of nitrogens with zero attached hydrogens (tertiary/aromatic N) is 2. The quantitative estimate of drug-likeness (QED) is 0.253. The molecule has 0 bridgehead atoms. The first kappa shape index (κ1) is 20.5. The Morgan fingerprint density at radius 3 is 1.38 bits per heavy atom. The molecule has 3 aromatic carbocycles. The highest BCUT2D eigenvalue weighted by Gasteiger charge is 2.14. The van der Waals surface area contributed by atoms with Crippen LogP contribution in [0.25, 0.3) is 45.1 Å². The molecule has 2 aromatic heterocycles. The van der Waals surface area contributed by atoms with E-state index in [0.717, 1.165) is 46.2 Å². The Kier molecular flexibility index (Phi) is 5.76. The molecule has 32 heavy (non-hydrogen) atoms. The van der Waals surface area contributed by atoms with Gasteiger partial charge in [0.05, 0.1) is 0 Å². The van der Waals surface area contributed by atoms with Crippen molar-refractivity contribution in [2.24, 2.45) is 0 Å². The van der Waals surface area contributed by atoms with E-state index in [0.29, 0.717) is 11.8 Å². The van der Waals surface area contributed by atoms with Crippen LogP contribution in [0.3, 0.4) is 0 Å². The van der Waals surface area contributed by atoms with Crippen LogP contribution in [-0.4, -0.2) is 9.97 Å². The summed E-state index contributed by atoms with van der Waals surface area (Å²) in [5, 5.41) is 0. The minimum absolute atomic E-state index is 0.623. The smallest absolute Gasteiger partial charge is 0.227 e. The zero-order chi connectivity index (χ0) is 21.9. The highest BCUT2D eigenvalue weighted by Crippen LogP contribution is 2.31. The Hall–Kier alpha value is -3.40. The number of hydrogen-bond donors (Lipinski definition) is 0. The molecule has 0 N–H and O–H groups in total. The Morgan fingerprint density at radius 2 is 1.00 bits per heavy atom. The van der Waals surface area contributed by atoms with E-state index in [9.17, 15) is 0 Å². The van der Waals surface area contributed by atoms with Crippen LogP contribution in [0, 0.1) is 0 Å². The summed E-state index contributed by atoms with van der Waals surface area (Å²) in [5.41, 5.74) is 7.65. The van der Waals surface area contributed by atoms with Gasteiger partial charge in [-0.25, -0.2) is 9.97 Å². The van der Waals surface area contributed by atoms with E-state index >= 15 is 0 Å². The molecule has 0 saturated heterocycles. The number of rotatable bonds is 8. The molecule has 0 amide bonds. The molecule has 4 heteroatoms. The third-order valence-corrected chi connectivity index (χ3v) is 5.94. The summed E-state index contributed by atoms with van der Waals surface area (Å²) in [6, 6.07) is 20.8. The van der Waals surface area contributed by atoms with Crippen molar-refractivity contribution < 1.29 is 8.83 Å². The van der Waals surface area contributed by atoms with Crippen molar-refractivity contribution in [1.82, 2.24) is 9.97 Å². The van der Waals surface area contributed by atoms with Gasteiger partial charge in [0.25, 0.3) is 0 Å². The summed E-state index contributed by atoms with van der Waals surface area (Å²) < 4.78 is 12.1. The number of hydrogen-bond acceptors (Lipinski definition) is 4. The normalized spacial score (nSPS) is 11.6. The maximum Gasteiger partial charge on any atom is 0.227 e. The largest absolute Gasteiger partial charge is 0.436 e. The SMILES string of the molecule is CCCCc1ccc(-c2nc3cc4oc(-c5ccc(CCCC)cc5)nc4cc3o2)cc1. The number of aromatic nitrogens is 2. The number of aryl methyl sites for hydroxylation is 2. The van der Waals surface area contributed by atoms with Gasteiger partial charge in [-0.15, -0.1) is 0 Å². The van der Waals surface area contributed by atoms with Crippen molar-refractivity contribution in [2.45, 2.75) is 52.4 Å². The van der Waals surface area contributed by atoms with Gasteiger partial charge in [0.1, 0.15) is 11.0 Å². The van der Waals surface area contributed by atoms with Gasteiger partial charge < -0.3 is 8.83 Å². The van der Waals surface area contributed by atoms with Crippen molar-refractivity contribution in [3.05, 3.63) is 71.8 Å². The topological polar surface area (TPSA) is 52.1 Å². The third-order valence-electron chi connectivity index (χ3n) is 5.94. The van der Waals surface area contributed by atoms with Crippen molar-refractivity contribution >= 4 is 22.2 Å². The summed E-state index contributed by atoms with van der Waals surface area (Å²) >= 11 is 0. The Labute approximate surface area is 188 Å². The van der Waals surface area contributed by atoms with E-state index < -0.39 is 0 Å². The lowest BCUT2D eigenvalue weighted by Gasteiger charge is -2.00. The average molecular weight is 425 g/mol. The fraction of sp³-hybridized carbons (Fsp3) is 0.286. The van der Waals surface area contributed by atoms with E-state index in [4.69, 9.17) is 18.8 Å². The minimum Gasteiger partial charge on any atom is -0.436 e. The monoisotopic (exact) mass is 424 g/mol. The second kappa shape index (κ2) is 8.99. The van der Waals surface area contributed by atoms with Gasteiger partial charge in [0, 0.05) is 23.3 Å². The Bertz CT molecular complexity index is 1180. The van der Waals surface area contributed by atoms with Crippen LogP contribution in [0.15, 0.2) is 69.5 Å². The number of oxazole rings is 2. The van der Waals surface area contributed by atoms with Crippen LogP contribution < -0.4 is 0 Å². The molecule has 0 radical (unpaired) electrons. The molecule has 0 aliphatic carbocycles. The molecule has 162 valence electrons. The van der Waals surface area contributed by atoms with Crippen LogP contribution in [-0.2, 0) is 12.8 Å². The molecule has 5 rings (SSSR count). The molecule has 0 saturated carbocycles. The second-order valence-electron chi connectivity index (χ2n) is 8.43. The summed E-state index contributed by atoms with van der Waals surface area (Å²) in [4.78, 5) is 9.39. The van der Waals surface area contributed by atoms with E-state index in [1.807, 2.05) is 12.1 Å². The first-order chi connectivity index (χ1) is 15.7. The van der Waals surface area contributed by atoms with Crippen LogP contribution in [0.4, 0.5) is 0 Å². The predicted octanol–water partition coefficient (Wildman–Crippen LogP) is 7.99. The van der Waals surface area contributed by atoms with Crippen LogP contribution in [0.5, 0.6) is 0 Å². The number of unbranched alkanes of at least 4 members (excludes halogenated alkanes) is 2. The fourth-order valence-corrected chi connectivity index (χ4v) is 3.99. The summed E-state index contributed by atoms with van der Waals surface area (Å²) in [5.74, 6) is 1.25. The molecule has 0 atom stereocenters. The lowest BCUT2D eigenvalue weighted by atomic mass is 10.1. The molecule has 0 aliphatic heterocycles.